The molecule has 2 aliphatic rings. The van der Waals surface area contributed by atoms with Crippen molar-refractivity contribution in [2.45, 2.75) is 4.90 Å². The van der Waals surface area contributed by atoms with E-state index in [0.717, 1.165) is 0 Å². The fraction of sp³-hybridized carbons (Fsp3) is 0. The van der Waals surface area contributed by atoms with Crippen LogP contribution < -0.4 is 11.1 Å². The van der Waals surface area contributed by atoms with Crippen LogP contribution in [0.15, 0.2) is 63.5 Å². The number of carbonyl (C=O) groups is 1. The summed E-state index contributed by atoms with van der Waals surface area (Å²) in [6.45, 7) is 0. The van der Waals surface area contributed by atoms with Crippen molar-refractivity contribution < 1.29 is 13.2 Å². The first-order valence-electron chi connectivity index (χ1n) is 6.84. The van der Waals surface area contributed by atoms with Gasteiger partial charge in [-0.05, 0) is 18.2 Å². The predicted molar refractivity (Wildman–Crippen MR) is 87.1 cm³/mol. The number of nitrogens with two attached hydrogens (primary N) is 1. The van der Waals surface area contributed by atoms with Crippen molar-refractivity contribution in [2.75, 3.05) is 11.1 Å². The first-order chi connectivity index (χ1) is 11.0. The van der Waals surface area contributed by atoms with Crippen LogP contribution in [-0.2, 0) is 10.0 Å². The molecule has 2 aromatic rings. The Labute approximate surface area is 132 Å². The first kappa shape index (κ1) is 13.7. The molecule has 0 saturated heterocycles. The van der Waals surface area contributed by atoms with E-state index < -0.39 is 10.0 Å². The lowest BCUT2D eigenvalue weighted by Gasteiger charge is -2.18. The fourth-order valence-electron chi connectivity index (χ4n) is 2.72. The number of benzene rings is 2. The number of para-hydroxylation sites is 2. The van der Waals surface area contributed by atoms with Crippen molar-refractivity contribution in [1.29, 1.82) is 0 Å². The van der Waals surface area contributed by atoms with Crippen molar-refractivity contribution in [1.82, 2.24) is 0 Å². The fourth-order valence-corrected chi connectivity index (χ4v) is 3.97. The second kappa shape index (κ2) is 4.53. The number of ketones is 1. The lowest BCUT2D eigenvalue weighted by molar-refractivity contribution is 0.104. The maximum atomic E-state index is 12.3. The van der Waals surface area contributed by atoms with E-state index in [2.05, 4.69) is 9.71 Å². The van der Waals surface area contributed by atoms with E-state index >= 15 is 0 Å². The van der Waals surface area contributed by atoms with E-state index in [1.807, 2.05) is 0 Å². The molecule has 0 radical (unpaired) electrons. The zero-order valence-corrected chi connectivity index (χ0v) is 12.6. The van der Waals surface area contributed by atoms with Crippen LogP contribution in [0.25, 0.3) is 0 Å². The molecule has 0 amide bonds. The van der Waals surface area contributed by atoms with Crippen LogP contribution in [0, 0.1) is 0 Å². The molecule has 1 heterocycles. The molecular weight excluding hydrogens is 314 g/mol. The van der Waals surface area contributed by atoms with Crippen molar-refractivity contribution in [3.8, 4) is 0 Å². The number of nitrogens with zero attached hydrogens (tertiary/aromatic N) is 1. The number of nitrogen functional groups attached to an aromatic ring is 1. The third kappa shape index (κ3) is 1.97. The molecule has 4 rings (SSSR count). The largest absolute Gasteiger partial charge is 0.397 e. The third-order valence-electron chi connectivity index (χ3n) is 3.78. The van der Waals surface area contributed by atoms with Crippen molar-refractivity contribution >= 4 is 32.9 Å². The zero-order chi connectivity index (χ0) is 16.2. The number of anilines is 2. The minimum atomic E-state index is -3.78. The lowest BCUT2D eigenvalue weighted by atomic mass is 9.92. The van der Waals surface area contributed by atoms with Gasteiger partial charge in [0.1, 0.15) is 5.71 Å². The second-order valence-electron chi connectivity index (χ2n) is 5.23. The summed E-state index contributed by atoms with van der Waals surface area (Å²) in [5, 5.41) is 3.01. The maximum Gasteiger partial charge on any atom is 0.283 e. The van der Waals surface area contributed by atoms with Crippen LogP contribution in [0.5, 0.6) is 0 Å². The lowest BCUT2D eigenvalue weighted by Crippen LogP contribution is -2.21. The van der Waals surface area contributed by atoms with Crippen molar-refractivity contribution in [3.05, 3.63) is 65.4 Å². The van der Waals surface area contributed by atoms with Crippen LogP contribution in [0.3, 0.4) is 0 Å². The van der Waals surface area contributed by atoms with Crippen LogP contribution in [0.1, 0.15) is 15.9 Å². The summed E-state index contributed by atoms with van der Waals surface area (Å²) in [4.78, 5) is 12.4. The Morgan fingerprint density at radius 2 is 1.83 bits per heavy atom. The number of sulfonamides is 1. The van der Waals surface area contributed by atoms with Crippen LogP contribution >= 0.6 is 0 Å². The standard InChI is InChI=1S/C16H11N3O3S/c17-10-5-1-2-6-11(10)18-12-8-13(20)9-4-3-7-14-15(9)16(12)19-23(14,21)22/h1-8,18H,17H2. The second-order valence-corrected chi connectivity index (χ2v) is 6.80. The monoisotopic (exact) mass is 325 g/mol. The van der Waals surface area contributed by atoms with Gasteiger partial charge in [-0.15, -0.1) is 0 Å². The van der Waals surface area contributed by atoms with Gasteiger partial charge in [-0.1, -0.05) is 24.3 Å². The topological polar surface area (TPSA) is 102 Å². The summed E-state index contributed by atoms with van der Waals surface area (Å²) >= 11 is 0. The number of nitrogens with one attached hydrogen (secondary N) is 1. The molecule has 0 atom stereocenters. The van der Waals surface area contributed by atoms with E-state index in [4.69, 9.17) is 5.73 Å². The van der Waals surface area contributed by atoms with Gasteiger partial charge in [-0.2, -0.15) is 12.8 Å². The Balaban J connectivity index is 1.89. The number of hydrogen-bond acceptors (Lipinski definition) is 5. The van der Waals surface area contributed by atoms with E-state index in [1.54, 1.807) is 36.4 Å². The highest BCUT2D eigenvalue weighted by Crippen LogP contribution is 2.35. The molecule has 6 nitrogen and oxygen atoms in total. The minimum Gasteiger partial charge on any atom is -0.397 e. The van der Waals surface area contributed by atoms with E-state index in [9.17, 15) is 13.2 Å². The number of carbonyl (C=O) groups excluding carboxylic acids is 1. The molecule has 7 heteroatoms. The summed E-state index contributed by atoms with van der Waals surface area (Å²) in [5.41, 5.74) is 8.23. The molecule has 0 fully saturated rings. The van der Waals surface area contributed by atoms with Gasteiger partial charge in [0.05, 0.1) is 22.0 Å². The van der Waals surface area contributed by atoms with Crippen LogP contribution in [0.2, 0.25) is 0 Å². The molecule has 114 valence electrons. The average Bonchev–Trinajstić information content (AvgIpc) is 2.80. The van der Waals surface area contributed by atoms with Gasteiger partial charge in [0.2, 0.25) is 0 Å². The van der Waals surface area contributed by atoms with Gasteiger partial charge in [0, 0.05) is 17.2 Å². The SMILES string of the molecule is Nc1ccccc1NC1=CC(=O)c2cccc3c2C1=NS3(=O)=O. The summed E-state index contributed by atoms with van der Waals surface area (Å²) in [5.74, 6) is -0.269. The Morgan fingerprint density at radius 1 is 1.04 bits per heavy atom. The molecule has 0 spiro atoms. The Hall–Kier alpha value is -2.93. The number of rotatable bonds is 2. The quantitative estimate of drug-likeness (QED) is 0.822. The third-order valence-corrected chi connectivity index (χ3v) is 5.10. The van der Waals surface area contributed by atoms with Gasteiger partial charge in [0.15, 0.2) is 5.78 Å². The average molecular weight is 325 g/mol. The molecule has 3 N–H and O–H groups in total. The number of allylic oxidation sites excluding steroid dienone is 2. The molecule has 1 aliphatic carbocycles. The summed E-state index contributed by atoms with van der Waals surface area (Å²) in [6.07, 6.45) is 1.35. The van der Waals surface area contributed by atoms with E-state index in [-0.39, 0.29) is 16.4 Å². The Morgan fingerprint density at radius 3 is 2.61 bits per heavy atom. The minimum absolute atomic E-state index is 0.0618. The van der Waals surface area contributed by atoms with Crippen LogP contribution in [0.4, 0.5) is 11.4 Å². The molecule has 0 bridgehead atoms. The maximum absolute atomic E-state index is 12.3. The highest BCUT2D eigenvalue weighted by atomic mass is 32.2. The molecule has 0 aromatic heterocycles. The smallest absolute Gasteiger partial charge is 0.283 e. The van der Waals surface area contributed by atoms with Crippen LogP contribution in [-0.4, -0.2) is 19.9 Å². The Bertz CT molecular complexity index is 1040. The van der Waals surface area contributed by atoms with Gasteiger partial charge < -0.3 is 11.1 Å². The summed E-state index contributed by atoms with van der Waals surface area (Å²) in [7, 11) is -3.78. The molecule has 23 heavy (non-hydrogen) atoms. The zero-order valence-electron chi connectivity index (χ0n) is 11.8. The normalized spacial score (nSPS) is 17.3. The van der Waals surface area contributed by atoms with Crippen molar-refractivity contribution in [3.63, 3.8) is 0 Å². The Kier molecular flexibility index (Phi) is 2.70. The van der Waals surface area contributed by atoms with Crippen molar-refractivity contribution in [2.24, 2.45) is 4.40 Å². The molecule has 0 unspecified atom stereocenters. The molecule has 0 saturated carbocycles. The van der Waals surface area contributed by atoms with E-state index in [1.165, 1.54) is 12.1 Å². The highest BCUT2D eigenvalue weighted by Gasteiger charge is 2.37. The summed E-state index contributed by atoms with van der Waals surface area (Å²) < 4.78 is 28.2. The summed E-state index contributed by atoms with van der Waals surface area (Å²) in [6, 6.07) is 11.6. The highest BCUT2D eigenvalue weighted by molar-refractivity contribution is 7.90. The molecular formula is C16H11N3O3S. The molecule has 1 aliphatic heterocycles. The molecule has 2 aromatic carbocycles. The van der Waals surface area contributed by atoms with Gasteiger partial charge in [0.25, 0.3) is 10.0 Å². The number of hydrogen-bond donors (Lipinski definition) is 2. The first-order valence-corrected chi connectivity index (χ1v) is 8.28. The van der Waals surface area contributed by atoms with Gasteiger partial charge >= 0.3 is 0 Å². The predicted octanol–water partition coefficient (Wildman–Crippen LogP) is 1.95. The van der Waals surface area contributed by atoms with Gasteiger partial charge in [-0.3, -0.25) is 4.79 Å². The van der Waals surface area contributed by atoms with E-state index in [0.29, 0.717) is 28.2 Å². The van der Waals surface area contributed by atoms with Gasteiger partial charge in [-0.25, -0.2) is 0 Å².